The lowest BCUT2D eigenvalue weighted by Gasteiger charge is -2.30. The van der Waals surface area contributed by atoms with E-state index >= 15 is 0 Å². The molecule has 0 atom stereocenters. The maximum absolute atomic E-state index is 13.4. The number of aromatic nitrogens is 6. The van der Waals surface area contributed by atoms with E-state index in [2.05, 4.69) is 35.7 Å². The number of carbonyl (C=O) groups is 1. The van der Waals surface area contributed by atoms with Gasteiger partial charge in [-0.1, -0.05) is 0 Å². The molecule has 2 aliphatic heterocycles. The number of hydrogen-bond donors (Lipinski definition) is 2. The highest BCUT2D eigenvalue weighted by Gasteiger charge is 2.38. The smallest absolute Gasteiger partial charge is 0.423 e. The molecule has 0 bridgehead atoms. The van der Waals surface area contributed by atoms with Crippen molar-refractivity contribution in [1.82, 2.24) is 35.0 Å². The lowest BCUT2D eigenvalue weighted by molar-refractivity contribution is -0.142. The van der Waals surface area contributed by atoms with E-state index in [-0.39, 0.29) is 37.1 Å². The Morgan fingerprint density at radius 2 is 1.70 bits per heavy atom. The molecule has 230 valence electrons. The summed E-state index contributed by atoms with van der Waals surface area (Å²) in [6.07, 6.45) is 5.90. The average molecular weight is 605 g/mol. The quantitative estimate of drug-likeness (QED) is 0.387. The first-order valence-electron chi connectivity index (χ1n) is 14.2. The van der Waals surface area contributed by atoms with Gasteiger partial charge in [-0.15, -0.1) is 0 Å². The molecule has 43 heavy (non-hydrogen) atoms. The number of anilines is 1. The summed E-state index contributed by atoms with van der Waals surface area (Å²) in [5.41, 5.74) is 0.404. The van der Waals surface area contributed by atoms with Crippen LogP contribution in [0.2, 0.25) is 0 Å². The Balaban J connectivity index is 0.965. The molecule has 16 heteroatoms. The summed E-state index contributed by atoms with van der Waals surface area (Å²) in [4.78, 5) is 28.9. The average Bonchev–Trinajstić information content (AvgIpc) is 3.47. The zero-order valence-corrected chi connectivity index (χ0v) is 23.1. The summed E-state index contributed by atoms with van der Waals surface area (Å²) in [7, 11) is 0. The van der Waals surface area contributed by atoms with Crippen LogP contribution in [0.1, 0.15) is 50.1 Å². The third-order valence-corrected chi connectivity index (χ3v) is 7.61. The van der Waals surface area contributed by atoms with Crippen LogP contribution in [-0.2, 0) is 15.7 Å². The molecule has 3 aromatic rings. The number of alkyl halides is 3. The first kappa shape index (κ1) is 29.0. The molecule has 0 radical (unpaired) electrons. The maximum Gasteiger partial charge on any atom is 0.423 e. The van der Waals surface area contributed by atoms with Crippen molar-refractivity contribution in [1.29, 1.82) is 0 Å². The van der Waals surface area contributed by atoms with Gasteiger partial charge >= 0.3 is 12.3 Å². The van der Waals surface area contributed by atoms with Gasteiger partial charge in [-0.2, -0.15) is 23.3 Å². The molecule has 6 rings (SSSR count). The lowest BCUT2D eigenvalue weighted by atomic mass is 9.91. The minimum atomic E-state index is -4.64. The molecule has 3 aromatic heterocycles. The van der Waals surface area contributed by atoms with Crippen molar-refractivity contribution in [3.8, 4) is 23.0 Å². The van der Waals surface area contributed by atoms with Gasteiger partial charge < -0.3 is 29.6 Å². The number of nitrogens with zero attached hydrogens (tertiary/aromatic N) is 6. The number of amides is 1. The Bertz CT molecular complexity index is 1390. The second kappa shape index (κ2) is 12.7. The molecule has 0 spiro atoms. The Hall–Kier alpha value is -4.05. The predicted octanol–water partition coefficient (Wildman–Crippen LogP) is 3.79. The van der Waals surface area contributed by atoms with Gasteiger partial charge in [0.15, 0.2) is 0 Å². The fraction of sp³-hybridized carbons (Fsp3) is 0.556. The van der Waals surface area contributed by atoms with Crippen LogP contribution in [0.5, 0.6) is 11.8 Å². The van der Waals surface area contributed by atoms with Crippen LogP contribution in [-0.4, -0.2) is 80.4 Å². The molecule has 0 aromatic carbocycles. The zero-order chi connectivity index (χ0) is 29.8. The fourth-order valence-electron chi connectivity index (χ4n) is 5.15. The van der Waals surface area contributed by atoms with Crippen molar-refractivity contribution >= 4 is 12.0 Å². The van der Waals surface area contributed by atoms with Gasteiger partial charge in [0.2, 0.25) is 17.7 Å². The molecule has 3 fully saturated rings. The summed E-state index contributed by atoms with van der Waals surface area (Å²) in [6.45, 7) is 1.87. The first-order chi connectivity index (χ1) is 20.8. The Morgan fingerprint density at radius 3 is 2.37 bits per heavy atom. The molecular formula is C27H31F3N8O5. The molecule has 1 aliphatic carbocycles. The fourth-order valence-corrected chi connectivity index (χ4v) is 5.15. The van der Waals surface area contributed by atoms with Crippen molar-refractivity contribution in [2.75, 3.05) is 31.7 Å². The van der Waals surface area contributed by atoms with Gasteiger partial charge in [-0.25, -0.2) is 19.7 Å². The van der Waals surface area contributed by atoms with Gasteiger partial charge in [-0.05, 0) is 38.5 Å². The molecule has 1 saturated carbocycles. The van der Waals surface area contributed by atoms with E-state index in [1.165, 1.54) is 12.4 Å². The van der Waals surface area contributed by atoms with Gasteiger partial charge in [0.05, 0.1) is 43.5 Å². The highest BCUT2D eigenvalue weighted by molar-refractivity contribution is 5.70. The monoisotopic (exact) mass is 604 g/mol. The van der Waals surface area contributed by atoms with E-state index in [4.69, 9.17) is 18.9 Å². The molecule has 2 N–H and O–H groups in total. The normalized spacial score (nSPS) is 21.6. The predicted molar refractivity (Wildman–Crippen MR) is 143 cm³/mol. The maximum atomic E-state index is 13.4. The van der Waals surface area contributed by atoms with Crippen LogP contribution in [0.15, 0.2) is 31.0 Å². The summed E-state index contributed by atoms with van der Waals surface area (Å²) in [5, 5.41) is 10.4. The van der Waals surface area contributed by atoms with Crippen molar-refractivity contribution in [2.24, 2.45) is 0 Å². The van der Waals surface area contributed by atoms with Gasteiger partial charge in [-0.3, -0.25) is 4.68 Å². The van der Waals surface area contributed by atoms with Gasteiger partial charge in [0.25, 0.3) is 0 Å². The van der Waals surface area contributed by atoms with E-state index in [1.54, 1.807) is 6.20 Å². The number of hydrogen-bond acceptors (Lipinski definition) is 11. The SMILES string of the molecule is O=C(N[C@H]1CC[C@H](Nc2ncc(C(F)(F)F)c(OC3COC3)n2)CC1)Oc1cnc(-c2cnn(C3CCOCC3)c2)cn1. The van der Waals surface area contributed by atoms with Crippen LogP contribution in [0.4, 0.5) is 23.9 Å². The molecule has 2 saturated heterocycles. The highest BCUT2D eigenvalue weighted by atomic mass is 19.4. The third kappa shape index (κ3) is 7.30. The number of halogens is 3. The topological polar surface area (TPSA) is 147 Å². The largest absolute Gasteiger partial charge is 0.469 e. The number of rotatable bonds is 8. The van der Waals surface area contributed by atoms with E-state index in [0.717, 1.165) is 37.8 Å². The summed E-state index contributed by atoms with van der Waals surface area (Å²) < 4.78 is 63.1. The Kier molecular flexibility index (Phi) is 8.56. The molecular weight excluding hydrogens is 573 g/mol. The van der Waals surface area contributed by atoms with Crippen LogP contribution in [0, 0.1) is 0 Å². The second-order valence-corrected chi connectivity index (χ2v) is 10.7. The van der Waals surface area contributed by atoms with Crippen LogP contribution < -0.4 is 20.1 Å². The Labute approximate surface area is 244 Å². The van der Waals surface area contributed by atoms with E-state index in [0.29, 0.717) is 37.4 Å². The molecule has 5 heterocycles. The molecule has 1 amide bonds. The van der Waals surface area contributed by atoms with Crippen LogP contribution in [0.25, 0.3) is 11.3 Å². The third-order valence-electron chi connectivity index (χ3n) is 7.61. The minimum absolute atomic E-state index is 0.0528. The van der Waals surface area contributed by atoms with E-state index in [9.17, 15) is 18.0 Å². The molecule has 3 aliphatic rings. The van der Waals surface area contributed by atoms with Crippen molar-refractivity contribution in [2.45, 2.75) is 68.9 Å². The molecule has 13 nitrogen and oxygen atoms in total. The number of ether oxygens (including phenoxy) is 4. The first-order valence-corrected chi connectivity index (χ1v) is 14.2. The minimum Gasteiger partial charge on any atom is -0.469 e. The summed E-state index contributed by atoms with van der Waals surface area (Å²) in [5.74, 6) is -0.394. The zero-order valence-electron chi connectivity index (χ0n) is 23.1. The van der Waals surface area contributed by atoms with E-state index in [1.807, 2.05) is 10.9 Å². The van der Waals surface area contributed by atoms with Crippen LogP contribution in [0.3, 0.4) is 0 Å². The standard InChI is InChI=1S/C27H31F3N8O5/c28-27(29,30)21-10-33-25(37-24(21)42-20-14-41-15-20)35-17-1-3-18(4-2-17)36-26(39)43-23-12-31-22(11-32-23)16-9-34-38(13-16)19-5-7-40-8-6-19/h9-13,17-20H,1-8,14-15H2,(H,36,39)(H,33,35,37)/t17-,18-. The number of nitrogens with one attached hydrogen (secondary N) is 2. The van der Waals surface area contributed by atoms with Crippen molar-refractivity contribution < 1.29 is 36.9 Å². The number of carbonyl (C=O) groups excluding carboxylic acids is 1. The van der Waals surface area contributed by atoms with Gasteiger partial charge in [0.1, 0.15) is 11.7 Å². The summed E-state index contributed by atoms with van der Waals surface area (Å²) in [6, 6.07) is 0.0745. The van der Waals surface area contributed by atoms with Crippen molar-refractivity contribution in [3.05, 3.63) is 36.5 Å². The highest BCUT2D eigenvalue weighted by Crippen LogP contribution is 2.36. The Morgan fingerprint density at radius 1 is 0.930 bits per heavy atom. The van der Waals surface area contributed by atoms with E-state index < -0.39 is 29.8 Å². The second-order valence-electron chi connectivity index (χ2n) is 10.7. The molecule has 0 unspecified atom stereocenters. The van der Waals surface area contributed by atoms with Crippen molar-refractivity contribution in [3.63, 3.8) is 0 Å². The van der Waals surface area contributed by atoms with Crippen LogP contribution >= 0.6 is 0 Å². The summed E-state index contributed by atoms with van der Waals surface area (Å²) >= 11 is 0. The lowest BCUT2D eigenvalue weighted by Crippen LogP contribution is -2.41. The van der Waals surface area contributed by atoms with Gasteiger partial charge in [0, 0.05) is 43.3 Å².